The summed E-state index contributed by atoms with van der Waals surface area (Å²) in [7, 11) is 0. The van der Waals surface area contributed by atoms with E-state index < -0.39 is 5.82 Å². The normalized spacial score (nSPS) is 10.4. The number of halogens is 2. The lowest BCUT2D eigenvalue weighted by Gasteiger charge is -1.99. The second kappa shape index (κ2) is 4.22. The second-order valence-electron chi connectivity index (χ2n) is 3.37. The van der Waals surface area contributed by atoms with E-state index in [1.807, 2.05) is 0 Å². The van der Waals surface area contributed by atoms with Gasteiger partial charge in [0.2, 0.25) is 5.78 Å². The van der Waals surface area contributed by atoms with Crippen molar-refractivity contribution in [3.05, 3.63) is 57.7 Å². The van der Waals surface area contributed by atoms with Crippen molar-refractivity contribution in [3.8, 4) is 0 Å². The average molecular weight is 283 g/mol. The molecule has 16 heavy (non-hydrogen) atoms. The number of hydrogen-bond acceptors (Lipinski definition) is 2. The minimum absolute atomic E-state index is 0.222. The van der Waals surface area contributed by atoms with E-state index in [9.17, 15) is 9.18 Å². The molecule has 0 fully saturated rings. The van der Waals surface area contributed by atoms with Crippen LogP contribution in [-0.2, 0) is 0 Å². The van der Waals surface area contributed by atoms with Crippen LogP contribution in [0, 0.1) is 12.7 Å². The van der Waals surface area contributed by atoms with Crippen LogP contribution in [0.3, 0.4) is 0 Å². The zero-order chi connectivity index (χ0) is 11.7. The molecule has 0 atom stereocenters. The van der Waals surface area contributed by atoms with E-state index in [2.05, 4.69) is 15.9 Å². The minimum Gasteiger partial charge on any atom is -0.458 e. The van der Waals surface area contributed by atoms with Crippen molar-refractivity contribution >= 4 is 21.7 Å². The number of benzene rings is 1. The van der Waals surface area contributed by atoms with E-state index in [0.717, 1.165) is 0 Å². The Bertz CT molecular complexity index is 546. The molecule has 2 nitrogen and oxygen atoms in total. The topological polar surface area (TPSA) is 30.2 Å². The SMILES string of the molecule is Cc1ccc(C(=O)c2ccc(Br)c(F)c2)o1. The van der Waals surface area contributed by atoms with Gasteiger partial charge in [-0.15, -0.1) is 0 Å². The molecule has 0 N–H and O–H groups in total. The lowest BCUT2D eigenvalue weighted by atomic mass is 10.1. The summed E-state index contributed by atoms with van der Waals surface area (Å²) in [5.41, 5.74) is 0.273. The number of aryl methyl sites for hydroxylation is 1. The number of carbonyl (C=O) groups excluding carboxylic acids is 1. The molecule has 0 amide bonds. The number of carbonyl (C=O) groups is 1. The zero-order valence-corrected chi connectivity index (χ0v) is 10.0. The molecule has 82 valence electrons. The van der Waals surface area contributed by atoms with Crippen molar-refractivity contribution in [3.63, 3.8) is 0 Å². The smallest absolute Gasteiger partial charge is 0.228 e. The number of rotatable bonds is 2. The van der Waals surface area contributed by atoms with Crippen LogP contribution < -0.4 is 0 Å². The standard InChI is InChI=1S/C12H8BrFO2/c1-7-2-5-11(16-7)12(15)8-3-4-9(13)10(14)6-8/h2-6H,1H3. The van der Waals surface area contributed by atoms with Gasteiger partial charge in [-0.2, -0.15) is 0 Å². The van der Waals surface area contributed by atoms with Crippen LogP contribution in [0.15, 0.2) is 39.2 Å². The first-order valence-corrected chi connectivity index (χ1v) is 5.43. The largest absolute Gasteiger partial charge is 0.458 e. The Labute approximate surface area is 100 Å². The second-order valence-corrected chi connectivity index (χ2v) is 4.22. The highest BCUT2D eigenvalue weighted by Crippen LogP contribution is 2.19. The molecule has 2 rings (SSSR count). The molecule has 1 aromatic heterocycles. The maximum absolute atomic E-state index is 13.2. The van der Waals surface area contributed by atoms with E-state index in [0.29, 0.717) is 10.2 Å². The van der Waals surface area contributed by atoms with Crippen molar-refractivity contribution in [2.45, 2.75) is 6.92 Å². The Morgan fingerprint density at radius 3 is 2.62 bits per heavy atom. The molecule has 0 spiro atoms. The van der Waals surface area contributed by atoms with E-state index >= 15 is 0 Å². The van der Waals surface area contributed by atoms with Gasteiger partial charge in [0.25, 0.3) is 0 Å². The summed E-state index contributed by atoms with van der Waals surface area (Å²) >= 11 is 3.03. The third kappa shape index (κ3) is 2.07. The minimum atomic E-state index is -0.464. The Morgan fingerprint density at radius 1 is 1.31 bits per heavy atom. The fourth-order valence-electron chi connectivity index (χ4n) is 1.34. The molecule has 4 heteroatoms. The fourth-order valence-corrected chi connectivity index (χ4v) is 1.58. The third-order valence-electron chi connectivity index (χ3n) is 2.15. The van der Waals surface area contributed by atoms with E-state index in [1.165, 1.54) is 12.1 Å². The summed E-state index contributed by atoms with van der Waals surface area (Å²) in [6.45, 7) is 1.75. The summed E-state index contributed by atoms with van der Waals surface area (Å²) in [6, 6.07) is 7.51. The molecule has 0 saturated carbocycles. The average Bonchev–Trinajstić information content (AvgIpc) is 2.68. The van der Waals surface area contributed by atoms with E-state index in [4.69, 9.17) is 4.42 Å². The van der Waals surface area contributed by atoms with E-state index in [1.54, 1.807) is 25.1 Å². The summed E-state index contributed by atoms with van der Waals surface area (Å²) in [5.74, 6) is 0.0915. The molecule has 0 saturated heterocycles. The molecule has 0 unspecified atom stereocenters. The highest BCUT2D eigenvalue weighted by molar-refractivity contribution is 9.10. The Hall–Kier alpha value is -1.42. The van der Waals surface area contributed by atoms with Crippen LogP contribution in [-0.4, -0.2) is 5.78 Å². The van der Waals surface area contributed by atoms with Gasteiger partial charge in [-0.25, -0.2) is 4.39 Å². The lowest BCUT2D eigenvalue weighted by Crippen LogP contribution is -2.00. The van der Waals surface area contributed by atoms with Crippen molar-refractivity contribution in [1.29, 1.82) is 0 Å². The number of ketones is 1. The first kappa shape index (κ1) is 11.1. The van der Waals surface area contributed by atoms with Gasteiger partial charge in [-0.05, 0) is 53.2 Å². The van der Waals surface area contributed by atoms with Gasteiger partial charge in [0.1, 0.15) is 11.6 Å². The summed E-state index contributed by atoms with van der Waals surface area (Å²) < 4.78 is 18.7. The first-order valence-electron chi connectivity index (χ1n) is 4.64. The van der Waals surface area contributed by atoms with Crippen molar-refractivity contribution in [1.82, 2.24) is 0 Å². The van der Waals surface area contributed by atoms with Crippen LogP contribution >= 0.6 is 15.9 Å². The molecule has 0 aliphatic heterocycles. The summed E-state index contributed by atoms with van der Waals surface area (Å²) in [6.07, 6.45) is 0. The molecule has 0 aliphatic rings. The number of furan rings is 1. The lowest BCUT2D eigenvalue weighted by molar-refractivity contribution is 0.101. The molecular weight excluding hydrogens is 275 g/mol. The predicted molar refractivity (Wildman–Crippen MR) is 61.0 cm³/mol. The van der Waals surface area contributed by atoms with Crippen molar-refractivity contribution in [2.75, 3.05) is 0 Å². The quantitative estimate of drug-likeness (QED) is 0.786. The first-order chi connectivity index (χ1) is 7.58. The number of hydrogen-bond donors (Lipinski definition) is 0. The van der Waals surface area contributed by atoms with Crippen LogP contribution in [0.5, 0.6) is 0 Å². The maximum atomic E-state index is 13.2. The third-order valence-corrected chi connectivity index (χ3v) is 2.79. The van der Waals surface area contributed by atoms with Crippen molar-refractivity contribution < 1.29 is 13.6 Å². The van der Waals surface area contributed by atoms with Gasteiger partial charge in [0.05, 0.1) is 4.47 Å². The Morgan fingerprint density at radius 2 is 2.06 bits per heavy atom. The summed E-state index contributed by atoms with van der Waals surface area (Å²) in [4.78, 5) is 11.8. The van der Waals surface area contributed by atoms with Gasteiger partial charge in [0, 0.05) is 5.56 Å². The van der Waals surface area contributed by atoms with Gasteiger partial charge in [0.15, 0.2) is 5.76 Å². The van der Waals surface area contributed by atoms with Crippen LogP contribution in [0.25, 0.3) is 0 Å². The van der Waals surface area contributed by atoms with Crippen LogP contribution in [0.2, 0.25) is 0 Å². The monoisotopic (exact) mass is 282 g/mol. The van der Waals surface area contributed by atoms with Crippen LogP contribution in [0.4, 0.5) is 4.39 Å². The predicted octanol–water partition coefficient (Wildman–Crippen LogP) is 3.72. The highest BCUT2D eigenvalue weighted by atomic mass is 79.9. The molecule has 0 aliphatic carbocycles. The molecule has 1 aromatic carbocycles. The summed E-state index contributed by atoms with van der Waals surface area (Å²) in [5, 5.41) is 0. The highest BCUT2D eigenvalue weighted by Gasteiger charge is 2.14. The molecule has 2 aromatic rings. The van der Waals surface area contributed by atoms with E-state index in [-0.39, 0.29) is 17.1 Å². The van der Waals surface area contributed by atoms with Gasteiger partial charge >= 0.3 is 0 Å². The van der Waals surface area contributed by atoms with Crippen molar-refractivity contribution in [2.24, 2.45) is 0 Å². The maximum Gasteiger partial charge on any atom is 0.228 e. The van der Waals surface area contributed by atoms with Crippen LogP contribution in [0.1, 0.15) is 21.9 Å². The fraction of sp³-hybridized carbons (Fsp3) is 0.0833. The van der Waals surface area contributed by atoms with Gasteiger partial charge in [-0.1, -0.05) is 0 Å². The van der Waals surface area contributed by atoms with Gasteiger partial charge < -0.3 is 4.42 Å². The zero-order valence-electron chi connectivity index (χ0n) is 8.46. The Kier molecular flexibility index (Phi) is 2.92. The van der Waals surface area contributed by atoms with Gasteiger partial charge in [-0.3, -0.25) is 4.79 Å². The molecule has 1 heterocycles. The Balaban J connectivity index is 2.38. The molecular formula is C12H8BrFO2. The molecule has 0 bridgehead atoms. The molecule has 0 radical (unpaired) electrons.